The van der Waals surface area contributed by atoms with Crippen molar-refractivity contribution in [1.82, 2.24) is 0 Å². The molecule has 0 bridgehead atoms. The molecule has 2 aliphatic carbocycles. The molecule has 5 heteroatoms. The molecule has 3 fully saturated rings. The lowest BCUT2D eigenvalue weighted by molar-refractivity contribution is -0.194. The highest BCUT2D eigenvalue weighted by molar-refractivity contribution is 5.13. The number of rotatable bonds is 4. The molecule has 1 saturated heterocycles. The Morgan fingerprint density at radius 1 is 1.04 bits per heavy atom. The number of hydrogen-bond acceptors (Lipinski definition) is 5. The summed E-state index contributed by atoms with van der Waals surface area (Å²) in [6.07, 6.45) is 3.73. The third-order valence-electron chi connectivity index (χ3n) is 5.95. The molecule has 2 saturated carbocycles. The van der Waals surface area contributed by atoms with Gasteiger partial charge in [0.05, 0.1) is 31.5 Å². The fourth-order valence-electron chi connectivity index (χ4n) is 4.48. The quantitative estimate of drug-likeness (QED) is 0.874. The van der Waals surface area contributed by atoms with Crippen LogP contribution >= 0.6 is 0 Å². The van der Waals surface area contributed by atoms with Gasteiger partial charge in [0.15, 0.2) is 5.79 Å². The molecule has 0 amide bonds. The van der Waals surface area contributed by atoms with Gasteiger partial charge in [0.25, 0.3) is 0 Å². The van der Waals surface area contributed by atoms with Gasteiger partial charge in [-0.2, -0.15) is 0 Å². The van der Waals surface area contributed by atoms with Crippen LogP contribution in [-0.4, -0.2) is 47.0 Å². The van der Waals surface area contributed by atoms with Crippen LogP contribution in [0.15, 0.2) is 30.3 Å². The molecule has 25 heavy (non-hydrogen) atoms. The van der Waals surface area contributed by atoms with Crippen molar-refractivity contribution in [2.45, 2.75) is 75.3 Å². The molecule has 1 aliphatic heterocycles. The van der Waals surface area contributed by atoms with Crippen molar-refractivity contribution in [1.29, 1.82) is 0 Å². The molecule has 0 aromatic heterocycles. The smallest absolute Gasteiger partial charge is 0.168 e. The maximum atomic E-state index is 10.5. The van der Waals surface area contributed by atoms with Crippen LogP contribution in [0.5, 0.6) is 0 Å². The Labute approximate surface area is 148 Å². The summed E-state index contributed by atoms with van der Waals surface area (Å²) in [4.78, 5) is 0. The molecule has 3 aliphatic rings. The van der Waals surface area contributed by atoms with E-state index in [0.29, 0.717) is 19.6 Å². The lowest BCUT2D eigenvalue weighted by Gasteiger charge is -2.32. The maximum absolute atomic E-state index is 10.5. The van der Waals surface area contributed by atoms with Gasteiger partial charge in [-0.15, -0.1) is 0 Å². The van der Waals surface area contributed by atoms with Crippen molar-refractivity contribution in [3.8, 4) is 0 Å². The largest absolute Gasteiger partial charge is 0.390 e. The predicted molar refractivity (Wildman–Crippen MR) is 91.8 cm³/mol. The summed E-state index contributed by atoms with van der Waals surface area (Å²) in [7, 11) is 0. The van der Waals surface area contributed by atoms with Gasteiger partial charge < -0.3 is 24.4 Å². The van der Waals surface area contributed by atoms with Crippen molar-refractivity contribution >= 4 is 0 Å². The Morgan fingerprint density at radius 3 is 2.56 bits per heavy atom. The summed E-state index contributed by atoms with van der Waals surface area (Å²) >= 11 is 0. The number of ether oxygens (including phenoxy) is 3. The fourth-order valence-corrected chi connectivity index (χ4v) is 4.48. The first kappa shape index (κ1) is 17.4. The van der Waals surface area contributed by atoms with Crippen LogP contribution in [0.3, 0.4) is 0 Å². The van der Waals surface area contributed by atoms with Crippen molar-refractivity contribution in [2.24, 2.45) is 5.92 Å². The molecule has 4 rings (SSSR count). The highest BCUT2D eigenvalue weighted by Gasteiger charge is 2.51. The van der Waals surface area contributed by atoms with E-state index in [-0.39, 0.29) is 18.1 Å². The van der Waals surface area contributed by atoms with Gasteiger partial charge in [-0.1, -0.05) is 36.8 Å². The normalized spacial score (nSPS) is 37.6. The minimum atomic E-state index is -0.875. The summed E-state index contributed by atoms with van der Waals surface area (Å²) in [6.45, 7) is 0.938. The Balaban J connectivity index is 1.35. The SMILES string of the molecule is O[C@@H]1[C@H](O)[C@@H]([C@H]2COC3(CCCCC3)O2)C[C@H]1OCc1ccccc1. The van der Waals surface area contributed by atoms with Gasteiger partial charge in [0, 0.05) is 18.8 Å². The van der Waals surface area contributed by atoms with E-state index >= 15 is 0 Å². The van der Waals surface area contributed by atoms with Crippen LogP contribution < -0.4 is 0 Å². The van der Waals surface area contributed by atoms with E-state index in [9.17, 15) is 10.2 Å². The van der Waals surface area contributed by atoms with Crippen LogP contribution in [0, 0.1) is 5.92 Å². The molecule has 5 atom stereocenters. The molecular weight excluding hydrogens is 320 g/mol. The second-order valence-corrected chi connectivity index (χ2v) is 7.65. The Morgan fingerprint density at radius 2 is 1.80 bits per heavy atom. The summed E-state index contributed by atoms with van der Waals surface area (Å²) < 4.78 is 18.1. The zero-order chi connectivity index (χ0) is 17.3. The Hall–Kier alpha value is -0.980. The zero-order valence-corrected chi connectivity index (χ0v) is 14.5. The molecule has 1 aromatic carbocycles. The summed E-state index contributed by atoms with van der Waals surface area (Å²) in [5, 5.41) is 20.9. The molecule has 2 N–H and O–H groups in total. The lowest BCUT2D eigenvalue weighted by Crippen LogP contribution is -2.38. The van der Waals surface area contributed by atoms with Gasteiger partial charge in [0.1, 0.15) is 6.10 Å². The van der Waals surface area contributed by atoms with Crippen LogP contribution in [0.2, 0.25) is 0 Å². The molecule has 138 valence electrons. The van der Waals surface area contributed by atoms with Gasteiger partial charge in [0.2, 0.25) is 0 Å². The third-order valence-corrected chi connectivity index (χ3v) is 5.95. The predicted octanol–water partition coefficient (Wildman–Crippen LogP) is 2.39. The third kappa shape index (κ3) is 3.62. The minimum Gasteiger partial charge on any atom is -0.390 e. The van der Waals surface area contributed by atoms with Crippen molar-refractivity contribution < 1.29 is 24.4 Å². The standard InChI is InChI=1S/C20H28O5/c21-18-15(17-13-24-20(25-17)9-5-2-6-10-20)11-16(19(18)22)23-12-14-7-3-1-4-8-14/h1,3-4,7-8,15-19,21-22H,2,5-6,9-13H2/t15-,16-,17-,18-,19+/m1/s1. The molecule has 5 nitrogen and oxygen atoms in total. The summed E-state index contributed by atoms with van der Waals surface area (Å²) in [5.41, 5.74) is 1.06. The summed E-state index contributed by atoms with van der Waals surface area (Å²) in [5.74, 6) is -0.589. The Bertz CT molecular complexity index is 556. The monoisotopic (exact) mass is 348 g/mol. The van der Waals surface area contributed by atoms with Crippen molar-refractivity contribution in [3.05, 3.63) is 35.9 Å². The number of benzene rings is 1. The van der Waals surface area contributed by atoms with Crippen LogP contribution in [0.1, 0.15) is 44.1 Å². The summed E-state index contributed by atoms with van der Waals surface area (Å²) in [6, 6.07) is 9.89. The molecule has 0 unspecified atom stereocenters. The van der Waals surface area contributed by atoms with E-state index < -0.39 is 18.0 Å². The van der Waals surface area contributed by atoms with E-state index in [0.717, 1.165) is 31.2 Å². The van der Waals surface area contributed by atoms with E-state index in [2.05, 4.69) is 0 Å². The van der Waals surface area contributed by atoms with E-state index in [4.69, 9.17) is 14.2 Å². The number of aliphatic hydroxyl groups excluding tert-OH is 2. The average Bonchev–Trinajstić information content (AvgIpc) is 3.17. The zero-order valence-electron chi connectivity index (χ0n) is 14.5. The van der Waals surface area contributed by atoms with Gasteiger partial charge >= 0.3 is 0 Å². The molecule has 1 heterocycles. The number of hydrogen-bond donors (Lipinski definition) is 2. The van der Waals surface area contributed by atoms with E-state index in [1.54, 1.807) is 0 Å². The van der Waals surface area contributed by atoms with E-state index in [1.807, 2.05) is 30.3 Å². The van der Waals surface area contributed by atoms with Crippen molar-refractivity contribution in [3.63, 3.8) is 0 Å². The van der Waals surface area contributed by atoms with E-state index in [1.165, 1.54) is 6.42 Å². The Kier molecular flexibility index (Phi) is 5.11. The lowest BCUT2D eigenvalue weighted by atomic mass is 9.94. The first-order valence-corrected chi connectivity index (χ1v) is 9.50. The number of aliphatic hydroxyl groups is 2. The second-order valence-electron chi connectivity index (χ2n) is 7.65. The highest BCUT2D eigenvalue weighted by atomic mass is 16.7. The van der Waals surface area contributed by atoms with Crippen LogP contribution in [0.4, 0.5) is 0 Å². The first-order valence-electron chi connectivity index (χ1n) is 9.50. The molecular formula is C20H28O5. The molecule has 1 spiro atoms. The van der Waals surface area contributed by atoms with Crippen molar-refractivity contribution in [2.75, 3.05) is 6.61 Å². The van der Waals surface area contributed by atoms with Crippen LogP contribution in [0.25, 0.3) is 0 Å². The molecule has 1 aromatic rings. The fraction of sp³-hybridized carbons (Fsp3) is 0.700. The van der Waals surface area contributed by atoms with Gasteiger partial charge in [-0.25, -0.2) is 0 Å². The van der Waals surface area contributed by atoms with Gasteiger partial charge in [-0.05, 0) is 24.8 Å². The average molecular weight is 348 g/mol. The second kappa shape index (κ2) is 7.33. The topological polar surface area (TPSA) is 68.2 Å². The minimum absolute atomic E-state index is 0.142. The van der Waals surface area contributed by atoms with Gasteiger partial charge in [-0.3, -0.25) is 0 Å². The maximum Gasteiger partial charge on any atom is 0.168 e. The molecule has 0 radical (unpaired) electrons. The first-order chi connectivity index (χ1) is 12.2. The highest BCUT2D eigenvalue weighted by Crippen LogP contribution is 2.43. The van der Waals surface area contributed by atoms with Crippen LogP contribution in [-0.2, 0) is 20.8 Å².